The Balaban J connectivity index is 1.28. The number of aromatic nitrogens is 1. The van der Waals surface area contributed by atoms with Gasteiger partial charge in [-0.3, -0.25) is 0 Å². The molecule has 0 unspecified atom stereocenters. The van der Waals surface area contributed by atoms with E-state index in [1.54, 1.807) is 0 Å². The molecule has 0 saturated carbocycles. The summed E-state index contributed by atoms with van der Waals surface area (Å²) in [5, 5.41) is 5.86. The first-order chi connectivity index (χ1) is 31.2. The van der Waals surface area contributed by atoms with Crippen LogP contribution in [0.15, 0.2) is 114 Å². The lowest BCUT2D eigenvalue weighted by Gasteiger charge is -2.46. The van der Waals surface area contributed by atoms with Crippen LogP contribution in [0.1, 0.15) is 111 Å². The number of nitrogens with zero attached hydrogens (tertiary/aromatic N) is 2. The van der Waals surface area contributed by atoms with E-state index >= 15 is 0 Å². The summed E-state index contributed by atoms with van der Waals surface area (Å²) in [4.78, 5) is 2.66. The van der Waals surface area contributed by atoms with Gasteiger partial charge >= 0.3 is 6.85 Å². The van der Waals surface area contributed by atoms with Crippen LogP contribution >= 0.6 is 0 Å². The van der Waals surface area contributed by atoms with Crippen molar-refractivity contribution in [2.24, 2.45) is 5.41 Å². The van der Waals surface area contributed by atoms with Crippen LogP contribution in [0.4, 0.5) is 11.4 Å². The molecule has 66 heavy (non-hydrogen) atoms. The fourth-order valence-electron chi connectivity index (χ4n) is 11.6. The van der Waals surface area contributed by atoms with Crippen LogP contribution in [-0.2, 0) is 16.2 Å². The van der Waals surface area contributed by atoms with Gasteiger partial charge in [-0.25, -0.2) is 0 Å². The summed E-state index contributed by atoms with van der Waals surface area (Å²) in [6.45, 7) is 32.7. The predicted octanol–water partition coefficient (Wildman–Crippen LogP) is 14.5. The molecule has 2 aromatic heterocycles. The Kier molecular flexibility index (Phi) is 8.32. The van der Waals surface area contributed by atoms with Gasteiger partial charge in [0.2, 0.25) is 0 Å². The number of benzene rings is 6. The second-order valence-electron chi connectivity index (χ2n) is 23.0. The van der Waals surface area contributed by atoms with Gasteiger partial charge in [-0.05, 0) is 136 Å². The molecule has 0 N–H and O–H groups in total. The average Bonchev–Trinajstić information content (AvgIpc) is 3.80. The third-order valence-corrected chi connectivity index (χ3v) is 15.7. The van der Waals surface area contributed by atoms with Crippen molar-refractivity contribution in [2.75, 3.05) is 4.81 Å². The molecule has 6 aromatic carbocycles. The number of furan rings is 1. The highest BCUT2D eigenvalue weighted by molar-refractivity contribution is 6.95. The summed E-state index contributed by atoms with van der Waals surface area (Å²) in [5.41, 5.74) is 17.6. The molecule has 330 valence electrons. The third kappa shape index (κ3) is 5.72. The van der Waals surface area contributed by atoms with E-state index in [1.165, 1.54) is 65.9 Å². The number of fused-ring (bicyclic) bond motifs is 13. The SMILES string of the molecule is C=C(/C=c1\c2n(c3ccc(C(C)(C)C)cc13)-c1cc3oc4ccccc4c3c3c1B(C=2C)N(c1cc2c(cc1C)C(C)(C)CCC2(C)C)c1cc2c(cc1-3)Oc1ccccc1O2)C(C)(C)C. The Hall–Kier alpha value is -6.40. The van der Waals surface area contributed by atoms with Crippen LogP contribution in [-0.4, -0.2) is 11.4 Å². The first-order valence-corrected chi connectivity index (χ1v) is 23.8. The molecule has 4 aliphatic rings. The Morgan fingerprint density at radius 3 is 2.02 bits per heavy atom. The summed E-state index contributed by atoms with van der Waals surface area (Å²) in [6, 6.07) is 35.5. The standard InChI is InChI=1S/C60H59BN2O3/c1-33-26-41-42(60(12,13)25-24-59(41,10)11)30-44(33)63-45-31-51-50(65-48-20-16-17-21-49(48)66-51)29-40(45)54-53-37-18-14-15-19-47(37)64-52(53)32-46-55(54)61(63)35(3)56-39(27-34(2)57(4,5)6)38-28-36(58(7,8)9)22-23-43(38)62(46)56/h14-23,26-32H,2,24-25H2,1,3-13H3/b39-27-. The number of aryl methyl sites for hydroxylation is 1. The van der Waals surface area contributed by atoms with E-state index in [-0.39, 0.29) is 28.5 Å². The smallest absolute Gasteiger partial charge is 0.328 e. The molecule has 0 radical (unpaired) electrons. The van der Waals surface area contributed by atoms with Crippen molar-refractivity contribution >= 4 is 68.1 Å². The van der Waals surface area contributed by atoms with E-state index in [1.807, 2.05) is 24.3 Å². The second-order valence-corrected chi connectivity index (χ2v) is 23.0. The van der Waals surface area contributed by atoms with Crippen molar-refractivity contribution in [2.45, 2.75) is 112 Å². The van der Waals surface area contributed by atoms with Gasteiger partial charge in [-0.1, -0.05) is 124 Å². The molecule has 12 rings (SSSR count). The number of ether oxygens (including phenoxy) is 2. The van der Waals surface area contributed by atoms with Crippen molar-refractivity contribution in [3.05, 3.63) is 142 Å². The van der Waals surface area contributed by atoms with Crippen LogP contribution < -0.4 is 30.3 Å². The van der Waals surface area contributed by atoms with Crippen LogP contribution in [0.5, 0.6) is 23.0 Å². The highest BCUT2D eigenvalue weighted by Gasteiger charge is 2.47. The second kappa shape index (κ2) is 13.4. The molecular formula is C60H59BN2O3. The van der Waals surface area contributed by atoms with Crippen molar-refractivity contribution in [3.8, 4) is 39.8 Å². The maximum absolute atomic E-state index is 6.95. The molecule has 8 aromatic rings. The molecular weight excluding hydrogens is 807 g/mol. The fourth-order valence-corrected chi connectivity index (χ4v) is 11.6. The third-order valence-electron chi connectivity index (χ3n) is 15.7. The topological polar surface area (TPSA) is 39.8 Å². The largest absolute Gasteiger partial charge is 0.456 e. The van der Waals surface area contributed by atoms with Gasteiger partial charge in [0.15, 0.2) is 23.0 Å². The van der Waals surface area contributed by atoms with E-state index in [0.717, 1.165) is 57.3 Å². The summed E-state index contributed by atoms with van der Waals surface area (Å²) in [7, 11) is 0. The average molecular weight is 867 g/mol. The molecule has 5 heterocycles. The van der Waals surface area contributed by atoms with Gasteiger partial charge in [0.1, 0.15) is 11.2 Å². The number of allylic oxidation sites excluding steroid dienone is 1. The highest BCUT2D eigenvalue weighted by Crippen LogP contribution is 2.56. The van der Waals surface area contributed by atoms with Gasteiger partial charge < -0.3 is 23.3 Å². The minimum absolute atomic E-state index is 0.00529. The van der Waals surface area contributed by atoms with E-state index in [4.69, 9.17) is 20.5 Å². The number of anilines is 2. The highest BCUT2D eigenvalue weighted by atomic mass is 16.6. The number of para-hydroxylation sites is 3. The molecule has 0 amide bonds. The van der Waals surface area contributed by atoms with Crippen LogP contribution in [0.25, 0.3) is 61.2 Å². The summed E-state index contributed by atoms with van der Waals surface area (Å²) in [6.07, 6.45) is 4.67. The molecule has 0 spiro atoms. The summed E-state index contributed by atoms with van der Waals surface area (Å²) in [5.74, 6) is 2.83. The Morgan fingerprint density at radius 1 is 0.682 bits per heavy atom. The predicted molar refractivity (Wildman–Crippen MR) is 277 cm³/mol. The molecule has 3 aliphatic heterocycles. The van der Waals surface area contributed by atoms with Crippen molar-refractivity contribution < 1.29 is 13.9 Å². The first kappa shape index (κ1) is 41.1. The maximum atomic E-state index is 6.95. The van der Waals surface area contributed by atoms with Gasteiger partial charge in [0.05, 0.1) is 5.52 Å². The molecule has 6 heteroatoms. The lowest BCUT2D eigenvalue weighted by molar-refractivity contribution is 0.332. The monoisotopic (exact) mass is 866 g/mol. The number of hydrogen-bond acceptors (Lipinski definition) is 4. The Bertz CT molecular complexity index is 3620. The molecule has 1 aliphatic carbocycles. The zero-order valence-corrected chi connectivity index (χ0v) is 40.6. The minimum atomic E-state index is -0.194. The van der Waals surface area contributed by atoms with Crippen molar-refractivity contribution in [1.82, 2.24) is 4.57 Å². The minimum Gasteiger partial charge on any atom is -0.456 e. The van der Waals surface area contributed by atoms with Crippen molar-refractivity contribution in [3.63, 3.8) is 0 Å². The molecule has 0 bridgehead atoms. The Labute approximate surface area is 389 Å². The van der Waals surface area contributed by atoms with E-state index in [0.29, 0.717) is 23.0 Å². The molecule has 5 nitrogen and oxygen atoms in total. The maximum Gasteiger partial charge on any atom is 0.328 e. The number of hydrogen-bond donors (Lipinski definition) is 0. The van der Waals surface area contributed by atoms with Gasteiger partial charge in [-0.2, -0.15) is 0 Å². The van der Waals surface area contributed by atoms with Gasteiger partial charge in [-0.15, -0.1) is 0 Å². The van der Waals surface area contributed by atoms with Crippen LogP contribution in [0.2, 0.25) is 0 Å². The van der Waals surface area contributed by atoms with E-state index < -0.39 is 0 Å². The quantitative estimate of drug-likeness (QED) is 0.162. The normalized spacial score (nSPS) is 16.9. The molecule has 0 saturated heterocycles. The zero-order chi connectivity index (χ0) is 46.1. The fraction of sp³-hybridized carbons (Fsp3) is 0.300. The van der Waals surface area contributed by atoms with Crippen LogP contribution in [0, 0.1) is 12.3 Å². The van der Waals surface area contributed by atoms with E-state index in [2.05, 4.69) is 171 Å². The number of rotatable bonds is 2. The molecule has 0 atom stereocenters. The Morgan fingerprint density at radius 2 is 1.33 bits per heavy atom. The van der Waals surface area contributed by atoms with Gasteiger partial charge in [0.25, 0.3) is 0 Å². The lowest BCUT2D eigenvalue weighted by Crippen LogP contribution is -2.58. The summed E-state index contributed by atoms with van der Waals surface area (Å²) >= 11 is 0. The van der Waals surface area contributed by atoms with Crippen LogP contribution in [0.3, 0.4) is 0 Å². The summed E-state index contributed by atoms with van der Waals surface area (Å²) < 4.78 is 23.1. The lowest BCUT2D eigenvalue weighted by atomic mass is 9.43. The first-order valence-electron chi connectivity index (χ1n) is 23.8. The van der Waals surface area contributed by atoms with Gasteiger partial charge in [0, 0.05) is 61.5 Å². The van der Waals surface area contributed by atoms with Crippen molar-refractivity contribution in [1.29, 1.82) is 0 Å². The molecule has 0 fully saturated rings. The van der Waals surface area contributed by atoms with E-state index in [9.17, 15) is 0 Å². The zero-order valence-electron chi connectivity index (χ0n) is 40.6.